The maximum atomic E-state index is 6.01. The Morgan fingerprint density at radius 3 is 3.10 bits per heavy atom. The predicted molar refractivity (Wildman–Crippen MR) is 87.8 cm³/mol. The van der Waals surface area contributed by atoms with Crippen molar-refractivity contribution in [3.8, 4) is 11.3 Å². The summed E-state index contributed by atoms with van der Waals surface area (Å²) in [5.74, 6) is 0.743. The zero-order valence-electron chi connectivity index (χ0n) is 11.8. The van der Waals surface area contributed by atoms with Gasteiger partial charge < -0.3 is 9.42 Å². The average molecular weight is 322 g/mol. The highest BCUT2D eigenvalue weighted by Crippen LogP contribution is 2.24. The summed E-state index contributed by atoms with van der Waals surface area (Å²) in [7, 11) is 0. The van der Waals surface area contributed by atoms with Gasteiger partial charge in [-0.25, -0.2) is 0 Å². The fraction of sp³-hybridized carbons (Fsp3) is 0.333. The van der Waals surface area contributed by atoms with Crippen molar-refractivity contribution < 1.29 is 4.52 Å². The molecular formula is C15H16ClN3OS. The minimum Gasteiger partial charge on any atom is -0.356 e. The van der Waals surface area contributed by atoms with Crippen LogP contribution in [-0.4, -0.2) is 34.6 Å². The van der Waals surface area contributed by atoms with Crippen LogP contribution in [0.15, 0.2) is 39.8 Å². The third-order valence-corrected chi connectivity index (χ3v) is 4.29. The second-order valence-corrected chi connectivity index (χ2v) is 6.05. The highest BCUT2D eigenvalue weighted by atomic mass is 35.5. The number of aliphatic imine (C=N–C) groups is 1. The van der Waals surface area contributed by atoms with E-state index in [-0.39, 0.29) is 0 Å². The van der Waals surface area contributed by atoms with E-state index < -0.39 is 0 Å². The van der Waals surface area contributed by atoms with Crippen LogP contribution in [0.25, 0.3) is 11.3 Å². The summed E-state index contributed by atoms with van der Waals surface area (Å²) in [5.41, 5.74) is 1.85. The minimum absolute atomic E-state index is 0.693. The first-order chi connectivity index (χ1) is 10.3. The quantitative estimate of drug-likeness (QED) is 0.859. The number of nitrogens with zero attached hydrogens (tertiary/aromatic N) is 3. The van der Waals surface area contributed by atoms with E-state index >= 15 is 0 Å². The van der Waals surface area contributed by atoms with Crippen molar-refractivity contribution in [3.63, 3.8) is 0 Å². The molecule has 21 heavy (non-hydrogen) atoms. The number of hydrogen-bond donors (Lipinski definition) is 0. The summed E-state index contributed by atoms with van der Waals surface area (Å²) in [6.07, 6.45) is 3.14. The lowest BCUT2D eigenvalue weighted by atomic mass is 10.1. The molecule has 0 unspecified atom stereocenters. The molecule has 0 atom stereocenters. The Balaban J connectivity index is 1.76. The molecule has 2 heterocycles. The lowest BCUT2D eigenvalue weighted by Gasteiger charge is -2.27. The lowest BCUT2D eigenvalue weighted by molar-refractivity contribution is 0.367. The Morgan fingerprint density at radius 1 is 1.38 bits per heavy atom. The van der Waals surface area contributed by atoms with E-state index in [1.165, 1.54) is 0 Å². The Labute approximate surface area is 133 Å². The highest BCUT2D eigenvalue weighted by molar-refractivity contribution is 8.13. The van der Waals surface area contributed by atoms with Gasteiger partial charge >= 0.3 is 0 Å². The van der Waals surface area contributed by atoms with Gasteiger partial charge in [0.2, 0.25) is 0 Å². The van der Waals surface area contributed by atoms with Crippen LogP contribution >= 0.6 is 23.4 Å². The van der Waals surface area contributed by atoms with Crippen molar-refractivity contribution >= 4 is 28.5 Å². The number of hydrogen-bond acceptors (Lipinski definition) is 5. The van der Waals surface area contributed by atoms with Gasteiger partial charge in [-0.05, 0) is 24.8 Å². The van der Waals surface area contributed by atoms with Crippen molar-refractivity contribution in [2.45, 2.75) is 13.0 Å². The van der Waals surface area contributed by atoms with Crippen molar-refractivity contribution in [2.75, 3.05) is 19.3 Å². The molecule has 1 aromatic carbocycles. The maximum Gasteiger partial charge on any atom is 0.167 e. The summed E-state index contributed by atoms with van der Waals surface area (Å²) in [4.78, 5) is 6.78. The van der Waals surface area contributed by atoms with Crippen LogP contribution in [-0.2, 0) is 6.54 Å². The first-order valence-electron chi connectivity index (χ1n) is 6.81. The molecule has 0 spiro atoms. The Kier molecular flexibility index (Phi) is 4.51. The molecule has 3 rings (SSSR count). The fourth-order valence-corrected chi connectivity index (χ4v) is 3.16. The van der Waals surface area contributed by atoms with E-state index in [0.717, 1.165) is 48.2 Å². The molecule has 2 aromatic rings. The van der Waals surface area contributed by atoms with Crippen LogP contribution in [0, 0.1) is 0 Å². The van der Waals surface area contributed by atoms with Crippen molar-refractivity contribution in [1.82, 2.24) is 10.1 Å². The molecular weight excluding hydrogens is 306 g/mol. The van der Waals surface area contributed by atoms with Gasteiger partial charge in [0.15, 0.2) is 10.9 Å². The van der Waals surface area contributed by atoms with Gasteiger partial charge in [0.05, 0.1) is 6.54 Å². The number of rotatable bonds is 3. The molecule has 1 aromatic heterocycles. The van der Waals surface area contributed by atoms with Crippen LogP contribution in [0.5, 0.6) is 0 Å². The smallest absolute Gasteiger partial charge is 0.167 e. The Morgan fingerprint density at radius 2 is 2.29 bits per heavy atom. The summed E-state index contributed by atoms with van der Waals surface area (Å²) >= 11 is 7.68. The number of halogens is 1. The molecule has 0 saturated heterocycles. The summed E-state index contributed by atoms with van der Waals surface area (Å²) in [6, 6.07) is 9.56. The average Bonchev–Trinajstić information content (AvgIpc) is 2.96. The largest absolute Gasteiger partial charge is 0.356 e. The van der Waals surface area contributed by atoms with E-state index in [0.29, 0.717) is 5.02 Å². The van der Waals surface area contributed by atoms with Crippen LogP contribution in [0.3, 0.4) is 0 Å². The second-order valence-electron chi connectivity index (χ2n) is 4.84. The zero-order chi connectivity index (χ0) is 14.7. The SMILES string of the molecule is CSC1=NCCCN1Cc1cc(-c2cccc(Cl)c2)on1. The predicted octanol–water partition coefficient (Wildman–Crippen LogP) is 3.92. The van der Waals surface area contributed by atoms with E-state index in [2.05, 4.69) is 21.3 Å². The molecule has 6 heteroatoms. The molecule has 0 saturated carbocycles. The molecule has 0 radical (unpaired) electrons. The van der Waals surface area contributed by atoms with Crippen LogP contribution in [0.1, 0.15) is 12.1 Å². The van der Waals surface area contributed by atoms with Crippen LogP contribution < -0.4 is 0 Å². The molecule has 0 aliphatic carbocycles. The Bertz CT molecular complexity index is 656. The lowest BCUT2D eigenvalue weighted by Crippen LogP contribution is -2.33. The topological polar surface area (TPSA) is 41.6 Å². The second kappa shape index (κ2) is 6.54. The number of thioether (sulfide) groups is 1. The summed E-state index contributed by atoms with van der Waals surface area (Å²) in [6.45, 7) is 2.65. The third kappa shape index (κ3) is 3.41. The zero-order valence-corrected chi connectivity index (χ0v) is 13.3. The van der Waals surface area contributed by atoms with Gasteiger partial charge in [-0.2, -0.15) is 0 Å². The van der Waals surface area contributed by atoms with Crippen molar-refractivity contribution in [2.24, 2.45) is 4.99 Å². The molecule has 1 aliphatic heterocycles. The molecule has 0 N–H and O–H groups in total. The van der Waals surface area contributed by atoms with Gasteiger partial charge in [-0.15, -0.1) is 0 Å². The van der Waals surface area contributed by atoms with E-state index in [1.54, 1.807) is 11.8 Å². The van der Waals surface area contributed by atoms with E-state index in [4.69, 9.17) is 16.1 Å². The van der Waals surface area contributed by atoms with Crippen molar-refractivity contribution in [1.29, 1.82) is 0 Å². The monoisotopic (exact) mass is 321 g/mol. The highest BCUT2D eigenvalue weighted by Gasteiger charge is 2.17. The van der Waals surface area contributed by atoms with Gasteiger partial charge in [0.1, 0.15) is 5.69 Å². The number of benzene rings is 1. The first kappa shape index (κ1) is 14.5. The molecule has 0 bridgehead atoms. The maximum absolute atomic E-state index is 6.01. The summed E-state index contributed by atoms with van der Waals surface area (Å²) < 4.78 is 5.43. The van der Waals surface area contributed by atoms with Crippen molar-refractivity contribution in [3.05, 3.63) is 41.0 Å². The fourth-order valence-electron chi connectivity index (χ4n) is 2.33. The first-order valence-corrected chi connectivity index (χ1v) is 8.41. The van der Waals surface area contributed by atoms with Crippen LogP contribution in [0.4, 0.5) is 0 Å². The molecule has 1 aliphatic rings. The number of amidine groups is 1. The van der Waals surface area contributed by atoms with Gasteiger partial charge in [-0.1, -0.05) is 40.7 Å². The normalized spacial score (nSPS) is 15.1. The third-order valence-electron chi connectivity index (χ3n) is 3.31. The standard InChI is InChI=1S/C15H16ClN3OS/c1-21-15-17-6-3-7-19(15)10-13-9-14(20-18-13)11-4-2-5-12(16)8-11/h2,4-5,8-9H,3,6-7,10H2,1H3. The van der Waals surface area contributed by atoms with E-state index in [1.807, 2.05) is 30.3 Å². The van der Waals surface area contributed by atoms with Gasteiger partial charge in [0, 0.05) is 29.7 Å². The Hall–Kier alpha value is -1.46. The molecule has 4 nitrogen and oxygen atoms in total. The molecule has 0 amide bonds. The minimum atomic E-state index is 0.693. The van der Waals surface area contributed by atoms with Gasteiger partial charge in [0.25, 0.3) is 0 Å². The molecule has 0 fully saturated rings. The molecule has 110 valence electrons. The summed E-state index contributed by atoms with van der Waals surface area (Å²) in [5, 5.41) is 5.93. The van der Waals surface area contributed by atoms with Crippen LogP contribution in [0.2, 0.25) is 5.02 Å². The van der Waals surface area contributed by atoms with Gasteiger partial charge in [-0.3, -0.25) is 4.99 Å². The number of aromatic nitrogens is 1. The van der Waals surface area contributed by atoms with E-state index in [9.17, 15) is 0 Å².